The van der Waals surface area contributed by atoms with Gasteiger partial charge in [0.25, 0.3) is 5.91 Å². The van der Waals surface area contributed by atoms with E-state index in [1.807, 2.05) is 24.3 Å². The summed E-state index contributed by atoms with van der Waals surface area (Å²) in [4.78, 5) is 14.6. The van der Waals surface area contributed by atoms with Crippen LogP contribution in [0.5, 0.6) is 0 Å². The first-order valence-corrected chi connectivity index (χ1v) is 9.23. The van der Waals surface area contributed by atoms with E-state index in [0.29, 0.717) is 5.69 Å². The molecule has 0 atom stereocenters. The van der Waals surface area contributed by atoms with Gasteiger partial charge in [-0.2, -0.15) is 0 Å². The Morgan fingerprint density at radius 1 is 0.931 bits per heavy atom. The number of nitrogens with one attached hydrogen (secondary N) is 2. The first-order chi connectivity index (χ1) is 14.0. The van der Waals surface area contributed by atoms with Crippen LogP contribution in [-0.2, 0) is 0 Å². The van der Waals surface area contributed by atoms with Gasteiger partial charge in [-0.1, -0.05) is 6.07 Å². The summed E-state index contributed by atoms with van der Waals surface area (Å²) in [5.41, 5.74) is 1.46. The number of benzene rings is 2. The molecule has 0 saturated carbocycles. The maximum Gasteiger partial charge on any atom is 0.276 e. The zero-order valence-electron chi connectivity index (χ0n) is 16.1. The topological polar surface area (TPSA) is 70.2 Å². The number of amides is 1. The van der Waals surface area contributed by atoms with Crippen LogP contribution in [0, 0.1) is 11.6 Å². The lowest BCUT2D eigenvalue weighted by Crippen LogP contribution is -2.21. The molecule has 0 fully saturated rings. The molecule has 0 unspecified atom stereocenters. The highest BCUT2D eigenvalue weighted by atomic mass is 19.1. The molecule has 0 saturated heterocycles. The third kappa shape index (κ3) is 4.84. The molecule has 2 N–H and O–H groups in total. The number of halogens is 2. The Balaban J connectivity index is 1.66. The minimum atomic E-state index is -0.748. The molecule has 29 heavy (non-hydrogen) atoms. The summed E-state index contributed by atoms with van der Waals surface area (Å²) < 4.78 is 27.4. The average molecular weight is 397 g/mol. The monoisotopic (exact) mass is 397 g/mol. The Bertz CT molecular complexity index is 953. The van der Waals surface area contributed by atoms with Crippen molar-refractivity contribution in [2.75, 3.05) is 28.6 Å². The van der Waals surface area contributed by atoms with E-state index in [1.165, 1.54) is 18.2 Å². The number of hydrogen-bond acceptors (Lipinski definition) is 5. The molecule has 3 aromatic rings. The Kier molecular flexibility index (Phi) is 6.33. The first kappa shape index (κ1) is 20.2. The smallest absolute Gasteiger partial charge is 0.276 e. The van der Waals surface area contributed by atoms with Crippen LogP contribution in [0.2, 0.25) is 0 Å². The van der Waals surface area contributed by atoms with Gasteiger partial charge in [0, 0.05) is 24.5 Å². The summed E-state index contributed by atoms with van der Waals surface area (Å²) in [7, 11) is 0. The largest absolute Gasteiger partial charge is 0.372 e. The number of hydrogen-bond donors (Lipinski definition) is 2. The molecule has 1 amide bonds. The van der Waals surface area contributed by atoms with Crippen LogP contribution in [0.15, 0.2) is 54.6 Å². The fraction of sp³-hybridized carbons (Fsp3) is 0.190. The van der Waals surface area contributed by atoms with E-state index in [2.05, 4.69) is 39.6 Å². The Labute approximate surface area is 167 Å². The van der Waals surface area contributed by atoms with Gasteiger partial charge in [-0.3, -0.25) is 4.79 Å². The molecule has 6 nitrogen and oxygen atoms in total. The lowest BCUT2D eigenvalue weighted by atomic mass is 10.2. The average Bonchev–Trinajstić information content (AvgIpc) is 2.73. The van der Waals surface area contributed by atoms with Crippen molar-refractivity contribution in [3.05, 3.63) is 71.9 Å². The van der Waals surface area contributed by atoms with E-state index >= 15 is 0 Å². The number of anilines is 4. The van der Waals surface area contributed by atoms with Crippen molar-refractivity contribution in [3.8, 4) is 0 Å². The van der Waals surface area contributed by atoms with Crippen molar-refractivity contribution in [2.24, 2.45) is 0 Å². The molecule has 150 valence electrons. The number of aromatic nitrogens is 2. The molecular formula is C21H21F2N5O. The molecule has 0 aliphatic heterocycles. The van der Waals surface area contributed by atoms with E-state index in [9.17, 15) is 13.6 Å². The summed E-state index contributed by atoms with van der Waals surface area (Å²) in [6, 6.07) is 13.9. The lowest BCUT2D eigenvalue weighted by Gasteiger charge is -2.21. The minimum absolute atomic E-state index is 0.0809. The predicted molar refractivity (Wildman–Crippen MR) is 110 cm³/mol. The summed E-state index contributed by atoms with van der Waals surface area (Å²) in [6.45, 7) is 5.96. The van der Waals surface area contributed by atoms with Gasteiger partial charge in [-0.15, -0.1) is 10.2 Å². The molecule has 1 heterocycles. The Morgan fingerprint density at radius 3 is 2.14 bits per heavy atom. The number of nitrogens with zero attached hydrogens (tertiary/aromatic N) is 3. The Morgan fingerprint density at radius 2 is 1.59 bits per heavy atom. The summed E-state index contributed by atoms with van der Waals surface area (Å²) in [5, 5.41) is 12.9. The van der Waals surface area contributed by atoms with Crippen LogP contribution in [0.4, 0.5) is 31.7 Å². The van der Waals surface area contributed by atoms with Gasteiger partial charge in [0.1, 0.15) is 17.3 Å². The van der Waals surface area contributed by atoms with E-state index in [0.717, 1.165) is 30.9 Å². The van der Waals surface area contributed by atoms with Crippen molar-refractivity contribution in [1.29, 1.82) is 0 Å². The highest BCUT2D eigenvalue weighted by Gasteiger charge is 2.12. The molecule has 0 radical (unpaired) electrons. The lowest BCUT2D eigenvalue weighted by molar-refractivity contribution is 0.102. The van der Waals surface area contributed by atoms with Crippen LogP contribution >= 0.6 is 0 Å². The molecule has 1 aromatic heterocycles. The van der Waals surface area contributed by atoms with Crippen LogP contribution in [0.1, 0.15) is 24.3 Å². The quantitative estimate of drug-likeness (QED) is 0.610. The zero-order chi connectivity index (χ0) is 20.8. The van der Waals surface area contributed by atoms with Gasteiger partial charge in [-0.25, -0.2) is 8.78 Å². The SMILES string of the molecule is CCN(CC)c1ccc(NC(=O)c2ccc(Nc3c(F)cccc3F)nn2)cc1. The highest BCUT2D eigenvalue weighted by Crippen LogP contribution is 2.22. The normalized spacial score (nSPS) is 10.5. The molecule has 2 aromatic carbocycles. The second-order valence-electron chi connectivity index (χ2n) is 6.20. The summed E-state index contributed by atoms with van der Waals surface area (Å²) in [6.07, 6.45) is 0. The van der Waals surface area contributed by atoms with Crippen molar-refractivity contribution < 1.29 is 13.6 Å². The van der Waals surface area contributed by atoms with Crippen molar-refractivity contribution in [1.82, 2.24) is 10.2 Å². The van der Waals surface area contributed by atoms with Crippen LogP contribution in [0.25, 0.3) is 0 Å². The summed E-state index contributed by atoms with van der Waals surface area (Å²) in [5.74, 6) is -1.81. The number of carbonyl (C=O) groups is 1. The van der Waals surface area contributed by atoms with Crippen molar-refractivity contribution >= 4 is 28.8 Å². The highest BCUT2D eigenvalue weighted by molar-refractivity contribution is 6.02. The maximum atomic E-state index is 13.7. The van der Waals surface area contributed by atoms with Gasteiger partial charge in [0.15, 0.2) is 11.5 Å². The first-order valence-electron chi connectivity index (χ1n) is 9.23. The Hall–Kier alpha value is -3.55. The van der Waals surface area contributed by atoms with Gasteiger partial charge < -0.3 is 15.5 Å². The molecule has 3 rings (SSSR count). The minimum Gasteiger partial charge on any atom is -0.372 e. The fourth-order valence-electron chi connectivity index (χ4n) is 2.80. The van der Waals surface area contributed by atoms with E-state index in [4.69, 9.17) is 0 Å². The number of rotatable bonds is 7. The molecule has 8 heteroatoms. The van der Waals surface area contributed by atoms with Crippen LogP contribution < -0.4 is 15.5 Å². The summed E-state index contributed by atoms with van der Waals surface area (Å²) >= 11 is 0. The van der Waals surface area contributed by atoms with Gasteiger partial charge in [-0.05, 0) is 62.4 Å². The van der Waals surface area contributed by atoms with Crippen LogP contribution in [0.3, 0.4) is 0 Å². The van der Waals surface area contributed by atoms with Crippen molar-refractivity contribution in [3.63, 3.8) is 0 Å². The molecule has 0 bridgehead atoms. The second-order valence-corrected chi connectivity index (χ2v) is 6.20. The van der Waals surface area contributed by atoms with Crippen molar-refractivity contribution in [2.45, 2.75) is 13.8 Å². The van der Waals surface area contributed by atoms with Crippen LogP contribution in [-0.4, -0.2) is 29.2 Å². The molecular weight excluding hydrogens is 376 g/mol. The third-order valence-electron chi connectivity index (χ3n) is 4.37. The van der Waals surface area contributed by atoms with E-state index in [-0.39, 0.29) is 17.2 Å². The van der Waals surface area contributed by atoms with Gasteiger partial charge in [0.2, 0.25) is 0 Å². The second kappa shape index (κ2) is 9.09. The zero-order valence-corrected chi connectivity index (χ0v) is 16.1. The molecule has 0 spiro atoms. The predicted octanol–water partition coefficient (Wildman–Crippen LogP) is 4.60. The standard InChI is InChI=1S/C21H21F2N5O/c1-3-28(4-2)15-10-8-14(9-11-15)24-21(29)18-12-13-19(27-26-18)25-20-16(22)6-5-7-17(20)23/h5-13H,3-4H2,1-2H3,(H,24,29)(H,25,27). The maximum absolute atomic E-state index is 13.7. The van der Waals surface area contributed by atoms with E-state index < -0.39 is 17.5 Å². The van der Waals surface area contributed by atoms with Gasteiger partial charge in [0.05, 0.1) is 0 Å². The third-order valence-corrected chi connectivity index (χ3v) is 4.37. The number of para-hydroxylation sites is 1. The van der Waals surface area contributed by atoms with Gasteiger partial charge >= 0.3 is 0 Å². The fourth-order valence-corrected chi connectivity index (χ4v) is 2.80. The molecule has 0 aliphatic carbocycles. The molecule has 0 aliphatic rings. The van der Waals surface area contributed by atoms with E-state index in [1.54, 1.807) is 0 Å². The number of carbonyl (C=O) groups excluding carboxylic acids is 1.